The van der Waals surface area contributed by atoms with Crippen LogP contribution in [0.3, 0.4) is 0 Å². The highest BCUT2D eigenvalue weighted by molar-refractivity contribution is 9.10. The highest BCUT2D eigenvalue weighted by atomic mass is 79.9. The van der Waals surface area contributed by atoms with Gasteiger partial charge in [0.1, 0.15) is 5.82 Å². The molecule has 0 bridgehead atoms. The van der Waals surface area contributed by atoms with Gasteiger partial charge in [0.05, 0.1) is 10.6 Å². The summed E-state index contributed by atoms with van der Waals surface area (Å²) in [6.45, 7) is 4.03. The van der Waals surface area contributed by atoms with Gasteiger partial charge in [0.25, 0.3) is 0 Å². The predicted octanol–water partition coefficient (Wildman–Crippen LogP) is 2.61. The fourth-order valence-corrected chi connectivity index (χ4v) is 1.49. The maximum Gasteiger partial charge on any atom is 0.137 e. The summed E-state index contributed by atoms with van der Waals surface area (Å²) in [4.78, 5) is 0. The minimum atomic E-state index is -0.759. The molecule has 2 nitrogen and oxygen atoms in total. The fraction of sp³-hybridized carbons (Fsp3) is 0.455. The van der Waals surface area contributed by atoms with Gasteiger partial charge >= 0.3 is 0 Å². The maximum atomic E-state index is 13.2. The van der Waals surface area contributed by atoms with Crippen LogP contribution in [0.1, 0.15) is 25.5 Å². The Morgan fingerprint density at radius 2 is 2.13 bits per heavy atom. The van der Waals surface area contributed by atoms with Gasteiger partial charge in [-0.1, -0.05) is 19.9 Å². The van der Waals surface area contributed by atoms with E-state index in [9.17, 15) is 9.50 Å². The summed E-state index contributed by atoms with van der Waals surface area (Å²) in [6, 6.07) is 4.60. The monoisotopic (exact) mass is 275 g/mol. The van der Waals surface area contributed by atoms with Crippen LogP contribution in [0.4, 0.5) is 4.39 Å². The lowest BCUT2D eigenvalue weighted by atomic mass is 9.83. The molecule has 1 aromatic carbocycles. The Morgan fingerprint density at radius 1 is 1.53 bits per heavy atom. The van der Waals surface area contributed by atoms with Crippen molar-refractivity contribution in [2.24, 2.45) is 11.1 Å². The third-order valence-corrected chi connectivity index (χ3v) is 3.17. The Hall–Kier alpha value is -0.450. The van der Waals surface area contributed by atoms with E-state index in [4.69, 9.17) is 5.73 Å². The molecule has 0 fully saturated rings. The number of aliphatic hydroxyl groups excluding tert-OH is 1. The van der Waals surface area contributed by atoms with Gasteiger partial charge in [-0.25, -0.2) is 4.39 Å². The topological polar surface area (TPSA) is 46.2 Å². The molecular weight excluding hydrogens is 261 g/mol. The molecule has 15 heavy (non-hydrogen) atoms. The molecule has 0 saturated heterocycles. The Labute approximate surface area is 97.4 Å². The Kier molecular flexibility index (Phi) is 3.87. The molecule has 0 aliphatic rings. The van der Waals surface area contributed by atoms with Crippen molar-refractivity contribution in [2.75, 3.05) is 6.54 Å². The van der Waals surface area contributed by atoms with Crippen LogP contribution in [0.5, 0.6) is 0 Å². The van der Waals surface area contributed by atoms with E-state index in [1.54, 1.807) is 12.1 Å². The third kappa shape index (κ3) is 2.77. The summed E-state index contributed by atoms with van der Waals surface area (Å²) in [5, 5.41) is 10.0. The smallest absolute Gasteiger partial charge is 0.137 e. The summed E-state index contributed by atoms with van der Waals surface area (Å²) in [6.07, 6.45) is -0.759. The summed E-state index contributed by atoms with van der Waals surface area (Å²) in [5.41, 5.74) is 5.64. The van der Waals surface area contributed by atoms with E-state index in [2.05, 4.69) is 15.9 Å². The minimum Gasteiger partial charge on any atom is -0.388 e. The molecule has 4 heteroatoms. The van der Waals surface area contributed by atoms with Crippen molar-refractivity contribution in [3.8, 4) is 0 Å². The summed E-state index contributed by atoms with van der Waals surface area (Å²) in [7, 11) is 0. The predicted molar refractivity (Wildman–Crippen MR) is 61.9 cm³/mol. The van der Waals surface area contributed by atoms with E-state index in [0.29, 0.717) is 16.6 Å². The summed E-state index contributed by atoms with van der Waals surface area (Å²) >= 11 is 3.06. The molecule has 0 aliphatic carbocycles. The van der Waals surface area contributed by atoms with Crippen molar-refractivity contribution in [1.82, 2.24) is 0 Å². The number of aliphatic hydroxyl groups is 1. The average Bonchev–Trinajstić information content (AvgIpc) is 2.21. The second kappa shape index (κ2) is 4.60. The average molecular weight is 276 g/mol. The second-order valence-electron chi connectivity index (χ2n) is 4.27. The molecule has 0 radical (unpaired) electrons. The van der Waals surface area contributed by atoms with Gasteiger partial charge in [-0.3, -0.25) is 0 Å². The van der Waals surface area contributed by atoms with Gasteiger partial charge in [0.15, 0.2) is 0 Å². The number of rotatable bonds is 3. The largest absolute Gasteiger partial charge is 0.388 e. The number of nitrogens with two attached hydrogens (primary N) is 1. The second-order valence-corrected chi connectivity index (χ2v) is 5.12. The van der Waals surface area contributed by atoms with Gasteiger partial charge < -0.3 is 10.8 Å². The molecule has 1 aromatic rings. The Balaban J connectivity index is 3.02. The number of benzene rings is 1. The SMILES string of the molecule is CC(C)(CN)C(O)c1ccc(Br)c(F)c1. The summed E-state index contributed by atoms with van der Waals surface area (Å²) < 4.78 is 13.6. The van der Waals surface area contributed by atoms with Gasteiger partial charge in [-0.2, -0.15) is 0 Å². The van der Waals surface area contributed by atoms with E-state index < -0.39 is 11.5 Å². The van der Waals surface area contributed by atoms with Gasteiger partial charge in [-0.05, 0) is 33.6 Å². The van der Waals surface area contributed by atoms with Crippen molar-refractivity contribution >= 4 is 15.9 Å². The van der Waals surface area contributed by atoms with Crippen LogP contribution in [0.15, 0.2) is 22.7 Å². The molecule has 0 heterocycles. The number of halogens is 2. The quantitative estimate of drug-likeness (QED) is 0.891. The van der Waals surface area contributed by atoms with Crippen molar-refractivity contribution in [3.63, 3.8) is 0 Å². The third-order valence-electron chi connectivity index (χ3n) is 2.53. The van der Waals surface area contributed by atoms with Crippen LogP contribution in [0.2, 0.25) is 0 Å². The molecular formula is C11H15BrFNO. The standard InChI is InChI=1S/C11H15BrFNO/c1-11(2,6-14)10(15)7-3-4-8(12)9(13)5-7/h3-5,10,15H,6,14H2,1-2H3. The highest BCUT2D eigenvalue weighted by Crippen LogP contribution is 2.33. The first-order valence-electron chi connectivity index (χ1n) is 4.71. The van der Waals surface area contributed by atoms with Crippen molar-refractivity contribution in [2.45, 2.75) is 20.0 Å². The maximum absolute atomic E-state index is 13.2. The van der Waals surface area contributed by atoms with E-state index in [0.717, 1.165) is 0 Å². The van der Waals surface area contributed by atoms with Crippen LogP contribution in [-0.4, -0.2) is 11.7 Å². The minimum absolute atomic E-state index is 0.339. The normalized spacial score (nSPS) is 14.0. The van der Waals surface area contributed by atoms with Crippen molar-refractivity contribution in [1.29, 1.82) is 0 Å². The molecule has 1 atom stereocenters. The van der Waals surface area contributed by atoms with E-state index in [1.807, 2.05) is 13.8 Å². The molecule has 1 rings (SSSR count). The highest BCUT2D eigenvalue weighted by Gasteiger charge is 2.27. The van der Waals surface area contributed by atoms with Crippen LogP contribution in [0, 0.1) is 11.2 Å². The zero-order valence-corrected chi connectivity index (χ0v) is 10.4. The Bertz CT molecular complexity index is 354. The van der Waals surface area contributed by atoms with E-state index >= 15 is 0 Å². The molecule has 0 saturated carbocycles. The van der Waals surface area contributed by atoms with Crippen LogP contribution in [0.25, 0.3) is 0 Å². The lowest BCUT2D eigenvalue weighted by molar-refractivity contribution is 0.0552. The lowest BCUT2D eigenvalue weighted by Gasteiger charge is -2.29. The van der Waals surface area contributed by atoms with E-state index in [1.165, 1.54) is 6.07 Å². The first-order chi connectivity index (χ1) is 6.88. The number of hydrogen-bond acceptors (Lipinski definition) is 2. The zero-order valence-electron chi connectivity index (χ0n) is 8.80. The first-order valence-corrected chi connectivity index (χ1v) is 5.51. The van der Waals surface area contributed by atoms with Crippen molar-refractivity contribution < 1.29 is 9.50 Å². The Morgan fingerprint density at radius 3 is 2.60 bits per heavy atom. The molecule has 0 aromatic heterocycles. The van der Waals surface area contributed by atoms with Gasteiger partial charge in [0.2, 0.25) is 0 Å². The van der Waals surface area contributed by atoms with Gasteiger partial charge in [-0.15, -0.1) is 0 Å². The molecule has 0 spiro atoms. The van der Waals surface area contributed by atoms with Crippen LogP contribution >= 0.6 is 15.9 Å². The molecule has 0 amide bonds. The van der Waals surface area contributed by atoms with Crippen LogP contribution in [-0.2, 0) is 0 Å². The molecule has 1 unspecified atom stereocenters. The first kappa shape index (κ1) is 12.6. The van der Waals surface area contributed by atoms with Gasteiger partial charge in [0, 0.05) is 12.0 Å². The number of hydrogen-bond donors (Lipinski definition) is 2. The fourth-order valence-electron chi connectivity index (χ4n) is 1.25. The molecule has 3 N–H and O–H groups in total. The molecule has 84 valence electrons. The molecule has 0 aliphatic heterocycles. The lowest BCUT2D eigenvalue weighted by Crippen LogP contribution is -2.30. The van der Waals surface area contributed by atoms with E-state index in [-0.39, 0.29) is 5.82 Å². The zero-order chi connectivity index (χ0) is 11.6. The summed E-state index contributed by atoms with van der Waals surface area (Å²) in [5.74, 6) is -0.376. The van der Waals surface area contributed by atoms with Crippen LogP contribution < -0.4 is 5.73 Å². The van der Waals surface area contributed by atoms with Crippen molar-refractivity contribution in [3.05, 3.63) is 34.1 Å².